The highest BCUT2D eigenvalue weighted by Crippen LogP contribution is 2.33. The topological polar surface area (TPSA) is 46.2 Å². The first-order chi connectivity index (χ1) is 8.11. The maximum Gasteiger partial charge on any atom is 0.131 e. The molecule has 102 valence electrons. The average molecular weight is 278 g/mol. The molecule has 1 aliphatic rings. The molecule has 0 bridgehead atoms. The van der Waals surface area contributed by atoms with Gasteiger partial charge in [0.15, 0.2) is 0 Å². The molecular weight excluding hydrogens is 260 g/mol. The second kappa shape index (κ2) is 6.45. The predicted molar refractivity (Wildman–Crippen MR) is 68.5 cm³/mol. The molecule has 0 heterocycles. The second-order valence-corrected chi connectivity index (χ2v) is 4.70. The summed E-state index contributed by atoms with van der Waals surface area (Å²) in [6.07, 6.45) is 2.99. The third kappa shape index (κ3) is 2.99. The summed E-state index contributed by atoms with van der Waals surface area (Å²) in [7, 11) is 0. The third-order valence-corrected chi connectivity index (χ3v) is 3.58. The normalized spacial score (nSPS) is 19.3. The molecule has 2 nitrogen and oxygen atoms in total. The van der Waals surface area contributed by atoms with E-state index in [1.165, 1.54) is 18.2 Å². The van der Waals surface area contributed by atoms with Crippen LogP contribution < -0.4 is 5.73 Å². The maximum absolute atomic E-state index is 13.5. The Morgan fingerprint density at radius 1 is 1.17 bits per heavy atom. The summed E-state index contributed by atoms with van der Waals surface area (Å²) in [6, 6.07) is 2.64. The van der Waals surface area contributed by atoms with Gasteiger partial charge in [-0.25, -0.2) is 8.78 Å². The van der Waals surface area contributed by atoms with Crippen LogP contribution in [0.1, 0.15) is 37.3 Å². The summed E-state index contributed by atoms with van der Waals surface area (Å²) in [6.45, 7) is 0. The lowest BCUT2D eigenvalue weighted by molar-refractivity contribution is 0.0819. The van der Waals surface area contributed by atoms with Crippen molar-refractivity contribution in [1.29, 1.82) is 0 Å². The van der Waals surface area contributed by atoms with Gasteiger partial charge in [0.25, 0.3) is 0 Å². The highest BCUT2D eigenvalue weighted by Gasteiger charge is 2.31. The molecule has 0 saturated heterocycles. The Morgan fingerprint density at radius 2 is 1.67 bits per heavy atom. The molecule has 0 aliphatic heterocycles. The molecule has 0 spiro atoms. The van der Waals surface area contributed by atoms with Crippen molar-refractivity contribution >= 4 is 12.4 Å². The van der Waals surface area contributed by atoms with Crippen molar-refractivity contribution < 1.29 is 13.9 Å². The molecule has 0 unspecified atom stereocenters. The number of halogens is 3. The maximum atomic E-state index is 13.5. The van der Waals surface area contributed by atoms with E-state index in [4.69, 9.17) is 5.73 Å². The van der Waals surface area contributed by atoms with Gasteiger partial charge in [0.05, 0.1) is 12.1 Å². The molecule has 1 aromatic rings. The smallest absolute Gasteiger partial charge is 0.131 e. The van der Waals surface area contributed by atoms with Crippen LogP contribution in [-0.2, 0) is 0 Å². The summed E-state index contributed by atoms with van der Waals surface area (Å²) < 4.78 is 27.0. The highest BCUT2D eigenvalue weighted by molar-refractivity contribution is 5.85. The average Bonchev–Trinajstić information content (AvgIpc) is 2.81. The molecule has 3 N–H and O–H groups in total. The van der Waals surface area contributed by atoms with Crippen LogP contribution in [0.2, 0.25) is 0 Å². The lowest BCUT2D eigenvalue weighted by Crippen LogP contribution is -2.33. The van der Waals surface area contributed by atoms with Gasteiger partial charge < -0.3 is 10.8 Å². The molecule has 5 heteroatoms. The van der Waals surface area contributed by atoms with E-state index in [1.807, 2.05) is 0 Å². The summed E-state index contributed by atoms with van der Waals surface area (Å²) in [5, 5.41) is 10.1. The summed E-state index contributed by atoms with van der Waals surface area (Å²) in [5.74, 6) is -1.31. The van der Waals surface area contributed by atoms with Crippen LogP contribution in [0.3, 0.4) is 0 Å². The van der Waals surface area contributed by atoms with Crippen molar-refractivity contribution in [2.75, 3.05) is 0 Å². The number of hydrogen-bond acceptors (Lipinski definition) is 2. The van der Waals surface area contributed by atoms with E-state index in [-0.39, 0.29) is 23.9 Å². The van der Waals surface area contributed by atoms with E-state index < -0.39 is 23.8 Å². The van der Waals surface area contributed by atoms with Crippen LogP contribution in [0.5, 0.6) is 0 Å². The lowest BCUT2D eigenvalue weighted by atomic mass is 9.90. The number of aliphatic hydroxyl groups is 1. The minimum absolute atomic E-state index is 0. The fourth-order valence-electron chi connectivity index (χ4n) is 2.59. The highest BCUT2D eigenvalue weighted by atomic mass is 35.5. The van der Waals surface area contributed by atoms with Crippen LogP contribution in [0.15, 0.2) is 18.2 Å². The number of aliphatic hydroxyl groups excluding tert-OH is 1. The lowest BCUT2D eigenvalue weighted by Gasteiger charge is -2.25. The standard InChI is InChI=1S/C13H17F2NO.ClH/c14-9-6-3-7-10(15)11(9)12(16)13(17)8-4-1-2-5-8;/h3,6-8,12-13,17H,1-2,4-5,16H2;1H/t12-,13+;/m1./s1. The molecule has 1 saturated carbocycles. The largest absolute Gasteiger partial charge is 0.391 e. The van der Waals surface area contributed by atoms with E-state index in [0.717, 1.165) is 25.7 Å². The zero-order chi connectivity index (χ0) is 12.4. The Labute approximate surface area is 112 Å². The van der Waals surface area contributed by atoms with E-state index >= 15 is 0 Å². The quantitative estimate of drug-likeness (QED) is 0.892. The van der Waals surface area contributed by atoms with E-state index in [2.05, 4.69) is 0 Å². The van der Waals surface area contributed by atoms with E-state index in [9.17, 15) is 13.9 Å². The summed E-state index contributed by atoms with van der Waals surface area (Å²) >= 11 is 0. The molecule has 0 radical (unpaired) electrons. The van der Waals surface area contributed by atoms with Crippen LogP contribution in [0.4, 0.5) is 8.78 Å². The molecular formula is C13H18ClF2NO. The number of rotatable bonds is 3. The molecule has 0 amide bonds. The van der Waals surface area contributed by atoms with Crippen molar-refractivity contribution in [2.24, 2.45) is 11.7 Å². The predicted octanol–water partition coefficient (Wildman–Crippen LogP) is 2.94. The van der Waals surface area contributed by atoms with E-state index in [1.54, 1.807) is 0 Å². The molecule has 0 aromatic heterocycles. The monoisotopic (exact) mass is 277 g/mol. The van der Waals surface area contributed by atoms with Gasteiger partial charge in [-0.05, 0) is 30.9 Å². The fraction of sp³-hybridized carbons (Fsp3) is 0.538. The molecule has 1 aromatic carbocycles. The zero-order valence-electron chi connectivity index (χ0n) is 9.98. The Balaban J connectivity index is 0.00000162. The first kappa shape index (κ1) is 15.3. The number of benzene rings is 1. The van der Waals surface area contributed by atoms with Gasteiger partial charge in [0.2, 0.25) is 0 Å². The van der Waals surface area contributed by atoms with Crippen LogP contribution in [0, 0.1) is 17.6 Å². The first-order valence-electron chi connectivity index (χ1n) is 5.99. The van der Waals surface area contributed by atoms with Gasteiger partial charge in [0.1, 0.15) is 11.6 Å². The minimum atomic E-state index is -0.987. The van der Waals surface area contributed by atoms with Crippen LogP contribution in [0.25, 0.3) is 0 Å². The Hall–Kier alpha value is -0.710. The Kier molecular flexibility index (Phi) is 5.50. The van der Waals surface area contributed by atoms with Gasteiger partial charge in [-0.3, -0.25) is 0 Å². The van der Waals surface area contributed by atoms with Crippen molar-refractivity contribution in [3.05, 3.63) is 35.4 Å². The van der Waals surface area contributed by atoms with Crippen molar-refractivity contribution in [1.82, 2.24) is 0 Å². The van der Waals surface area contributed by atoms with Crippen LogP contribution in [-0.4, -0.2) is 11.2 Å². The second-order valence-electron chi connectivity index (χ2n) is 4.70. The summed E-state index contributed by atoms with van der Waals surface area (Å²) in [5.41, 5.74) is 5.59. The van der Waals surface area contributed by atoms with Crippen molar-refractivity contribution in [2.45, 2.75) is 37.8 Å². The number of nitrogens with two attached hydrogens (primary N) is 1. The first-order valence-corrected chi connectivity index (χ1v) is 5.99. The minimum Gasteiger partial charge on any atom is -0.391 e. The van der Waals surface area contributed by atoms with Gasteiger partial charge in [-0.2, -0.15) is 0 Å². The molecule has 1 fully saturated rings. The number of hydrogen-bond donors (Lipinski definition) is 2. The molecule has 18 heavy (non-hydrogen) atoms. The van der Waals surface area contributed by atoms with Gasteiger partial charge in [-0.15, -0.1) is 12.4 Å². The van der Waals surface area contributed by atoms with Crippen molar-refractivity contribution in [3.63, 3.8) is 0 Å². The molecule has 2 atom stereocenters. The zero-order valence-corrected chi connectivity index (χ0v) is 10.8. The van der Waals surface area contributed by atoms with Gasteiger partial charge in [-0.1, -0.05) is 18.9 Å². The molecule has 2 rings (SSSR count). The van der Waals surface area contributed by atoms with Crippen molar-refractivity contribution in [3.8, 4) is 0 Å². The molecule has 1 aliphatic carbocycles. The van der Waals surface area contributed by atoms with Gasteiger partial charge in [0, 0.05) is 5.56 Å². The Morgan fingerprint density at radius 3 is 2.17 bits per heavy atom. The third-order valence-electron chi connectivity index (χ3n) is 3.58. The Bertz CT molecular complexity index is 376. The summed E-state index contributed by atoms with van der Waals surface area (Å²) in [4.78, 5) is 0. The van der Waals surface area contributed by atoms with Gasteiger partial charge >= 0.3 is 0 Å². The van der Waals surface area contributed by atoms with E-state index in [0.29, 0.717) is 0 Å². The fourth-order valence-corrected chi connectivity index (χ4v) is 2.59. The SMILES string of the molecule is Cl.N[C@H](c1c(F)cccc1F)[C@@H](O)C1CCCC1. The van der Waals surface area contributed by atoms with Crippen LogP contribution >= 0.6 is 12.4 Å².